The molecule has 22 heavy (non-hydrogen) atoms. The van der Waals surface area contributed by atoms with Crippen LogP contribution in [0.25, 0.3) is 0 Å². The maximum Gasteiger partial charge on any atom is 0.171 e. The first-order valence-corrected chi connectivity index (χ1v) is 6.66. The second-order valence-corrected chi connectivity index (χ2v) is 4.64. The molecule has 116 valence electrons. The number of ether oxygens (including phenoxy) is 3. The van der Waals surface area contributed by atoms with Crippen LogP contribution in [0, 0.1) is 5.82 Å². The fraction of sp³-hybridized carbons (Fsp3) is 0.235. The van der Waals surface area contributed by atoms with Crippen LogP contribution in [0.5, 0.6) is 17.2 Å². The minimum Gasteiger partial charge on any atom is -0.497 e. The van der Waals surface area contributed by atoms with E-state index in [9.17, 15) is 9.18 Å². The van der Waals surface area contributed by atoms with Crippen LogP contribution in [0.4, 0.5) is 4.39 Å². The number of carbonyl (C=O) groups excluding carboxylic acids is 1. The Morgan fingerprint density at radius 3 is 2.14 bits per heavy atom. The molecule has 0 saturated carbocycles. The van der Waals surface area contributed by atoms with Gasteiger partial charge in [0.1, 0.15) is 11.5 Å². The molecule has 0 fully saturated rings. The highest BCUT2D eigenvalue weighted by Gasteiger charge is 2.17. The number of hydrogen-bond donors (Lipinski definition) is 0. The second-order valence-electron chi connectivity index (χ2n) is 4.64. The molecule has 5 heteroatoms. The first-order chi connectivity index (χ1) is 10.6. The summed E-state index contributed by atoms with van der Waals surface area (Å²) in [6.07, 6.45) is 0.145. The van der Waals surface area contributed by atoms with Crippen molar-refractivity contribution in [2.75, 3.05) is 21.3 Å². The van der Waals surface area contributed by atoms with E-state index in [1.54, 1.807) is 31.4 Å². The first-order valence-electron chi connectivity index (χ1n) is 6.66. The largest absolute Gasteiger partial charge is 0.497 e. The molecule has 2 rings (SSSR count). The quantitative estimate of drug-likeness (QED) is 0.768. The summed E-state index contributed by atoms with van der Waals surface area (Å²) in [4.78, 5) is 12.4. The molecule has 0 aromatic heterocycles. The molecular weight excluding hydrogens is 287 g/mol. The van der Waals surface area contributed by atoms with E-state index < -0.39 is 5.82 Å². The first kappa shape index (κ1) is 15.8. The molecule has 2 aromatic rings. The van der Waals surface area contributed by atoms with Gasteiger partial charge in [-0.15, -0.1) is 0 Å². The van der Waals surface area contributed by atoms with Gasteiger partial charge in [0.05, 0.1) is 26.9 Å². The summed E-state index contributed by atoms with van der Waals surface area (Å²) in [5.41, 5.74) is 1.00. The molecule has 0 amide bonds. The van der Waals surface area contributed by atoms with Gasteiger partial charge in [-0.2, -0.15) is 0 Å². The zero-order valence-electron chi connectivity index (χ0n) is 12.7. The third kappa shape index (κ3) is 3.36. The van der Waals surface area contributed by atoms with Crippen molar-refractivity contribution in [2.45, 2.75) is 6.42 Å². The average Bonchev–Trinajstić information content (AvgIpc) is 2.55. The Morgan fingerprint density at radius 1 is 0.955 bits per heavy atom. The van der Waals surface area contributed by atoms with E-state index in [1.807, 2.05) is 0 Å². The summed E-state index contributed by atoms with van der Waals surface area (Å²) in [6, 6.07) is 9.65. The van der Waals surface area contributed by atoms with Gasteiger partial charge in [-0.05, 0) is 23.8 Å². The molecule has 0 radical (unpaired) electrons. The van der Waals surface area contributed by atoms with Crippen molar-refractivity contribution in [1.82, 2.24) is 0 Å². The maximum absolute atomic E-state index is 13.8. The van der Waals surface area contributed by atoms with Gasteiger partial charge in [0.2, 0.25) is 0 Å². The number of carbonyl (C=O) groups is 1. The number of halogens is 1. The Bertz CT molecular complexity index is 665. The van der Waals surface area contributed by atoms with Crippen LogP contribution in [0.1, 0.15) is 15.9 Å². The molecule has 0 bridgehead atoms. The normalized spacial score (nSPS) is 10.2. The smallest absolute Gasteiger partial charge is 0.171 e. The molecule has 0 unspecified atom stereocenters. The van der Waals surface area contributed by atoms with Crippen molar-refractivity contribution in [2.24, 2.45) is 0 Å². The van der Waals surface area contributed by atoms with E-state index in [-0.39, 0.29) is 29.3 Å². The van der Waals surface area contributed by atoms with Crippen LogP contribution in [0.3, 0.4) is 0 Å². The van der Waals surface area contributed by atoms with Gasteiger partial charge in [0.15, 0.2) is 17.3 Å². The van der Waals surface area contributed by atoms with Crippen LogP contribution in [0.15, 0.2) is 36.4 Å². The molecule has 0 aliphatic rings. The summed E-state index contributed by atoms with van der Waals surface area (Å²) in [5.74, 6) is 0.212. The van der Waals surface area contributed by atoms with Crippen molar-refractivity contribution in [3.8, 4) is 17.2 Å². The van der Waals surface area contributed by atoms with E-state index in [0.29, 0.717) is 5.75 Å². The minimum absolute atomic E-state index is 0.0397. The van der Waals surface area contributed by atoms with Crippen LogP contribution in [0.2, 0.25) is 0 Å². The molecule has 0 N–H and O–H groups in total. The molecular formula is C17H17FO4. The number of benzene rings is 2. The van der Waals surface area contributed by atoms with Crippen LogP contribution in [-0.2, 0) is 6.42 Å². The van der Waals surface area contributed by atoms with Gasteiger partial charge >= 0.3 is 0 Å². The maximum atomic E-state index is 13.8. The lowest BCUT2D eigenvalue weighted by atomic mass is 10.0. The highest BCUT2D eigenvalue weighted by molar-refractivity contribution is 6.00. The zero-order valence-corrected chi connectivity index (χ0v) is 12.7. The highest BCUT2D eigenvalue weighted by Crippen LogP contribution is 2.29. The summed E-state index contributed by atoms with van der Waals surface area (Å²) in [5, 5.41) is 0. The lowest BCUT2D eigenvalue weighted by Crippen LogP contribution is -2.07. The number of Topliss-reactive ketones (excluding diaryl/α,β-unsaturated/α-hetero) is 1. The van der Waals surface area contributed by atoms with Gasteiger partial charge in [0.25, 0.3) is 0 Å². The van der Waals surface area contributed by atoms with Crippen molar-refractivity contribution < 1.29 is 23.4 Å². The molecule has 0 saturated heterocycles. The Labute approximate surface area is 128 Å². The standard InChI is InChI=1S/C17H17FO4/c1-20-12-6-4-11(5-7-12)8-15(19)13-9-14(18)17(22-3)10-16(13)21-2/h4-7,9-10H,8H2,1-3H3. The molecule has 0 aliphatic heterocycles. The van der Waals surface area contributed by atoms with Crippen molar-refractivity contribution in [1.29, 1.82) is 0 Å². The van der Waals surface area contributed by atoms with Crippen molar-refractivity contribution in [3.05, 3.63) is 53.3 Å². The summed E-state index contributed by atoms with van der Waals surface area (Å²) < 4.78 is 28.9. The van der Waals surface area contributed by atoms with Crippen molar-refractivity contribution in [3.63, 3.8) is 0 Å². The van der Waals surface area contributed by atoms with Gasteiger partial charge in [-0.1, -0.05) is 12.1 Å². The fourth-order valence-corrected chi connectivity index (χ4v) is 2.10. The Hall–Kier alpha value is -2.56. The number of hydrogen-bond acceptors (Lipinski definition) is 4. The SMILES string of the molecule is COc1ccc(CC(=O)c2cc(F)c(OC)cc2OC)cc1. The van der Waals surface area contributed by atoms with Crippen molar-refractivity contribution >= 4 is 5.78 Å². The summed E-state index contributed by atoms with van der Waals surface area (Å²) in [6.45, 7) is 0. The number of ketones is 1. The molecule has 0 atom stereocenters. The topological polar surface area (TPSA) is 44.8 Å². The molecule has 0 aliphatic carbocycles. The third-order valence-electron chi connectivity index (χ3n) is 3.30. The molecule has 2 aromatic carbocycles. The lowest BCUT2D eigenvalue weighted by Gasteiger charge is -2.11. The summed E-state index contributed by atoms with van der Waals surface area (Å²) in [7, 11) is 4.36. The highest BCUT2D eigenvalue weighted by atomic mass is 19.1. The van der Waals surface area contributed by atoms with E-state index in [1.165, 1.54) is 20.3 Å². The van der Waals surface area contributed by atoms with Gasteiger partial charge in [-0.3, -0.25) is 4.79 Å². The fourth-order valence-electron chi connectivity index (χ4n) is 2.10. The summed E-state index contributed by atoms with van der Waals surface area (Å²) >= 11 is 0. The van der Waals surface area contributed by atoms with E-state index in [2.05, 4.69) is 0 Å². The third-order valence-corrected chi connectivity index (χ3v) is 3.30. The monoisotopic (exact) mass is 304 g/mol. The lowest BCUT2D eigenvalue weighted by molar-refractivity contribution is 0.0989. The zero-order chi connectivity index (χ0) is 16.1. The molecule has 0 heterocycles. The molecule has 4 nitrogen and oxygen atoms in total. The Morgan fingerprint density at radius 2 is 1.59 bits per heavy atom. The van der Waals surface area contributed by atoms with Gasteiger partial charge in [0, 0.05) is 12.5 Å². The van der Waals surface area contributed by atoms with E-state index in [4.69, 9.17) is 14.2 Å². The van der Waals surface area contributed by atoms with E-state index >= 15 is 0 Å². The number of methoxy groups -OCH3 is 3. The second kappa shape index (κ2) is 6.93. The molecule has 0 spiro atoms. The average molecular weight is 304 g/mol. The van der Waals surface area contributed by atoms with Gasteiger partial charge in [-0.25, -0.2) is 4.39 Å². The Balaban J connectivity index is 2.26. The predicted octanol–water partition coefficient (Wildman–Crippen LogP) is 3.28. The van der Waals surface area contributed by atoms with E-state index in [0.717, 1.165) is 11.6 Å². The Kier molecular flexibility index (Phi) is 4.99. The van der Waals surface area contributed by atoms with Crippen LogP contribution < -0.4 is 14.2 Å². The van der Waals surface area contributed by atoms with Crippen LogP contribution >= 0.6 is 0 Å². The number of rotatable bonds is 6. The van der Waals surface area contributed by atoms with Crippen LogP contribution in [-0.4, -0.2) is 27.1 Å². The van der Waals surface area contributed by atoms with Gasteiger partial charge < -0.3 is 14.2 Å². The minimum atomic E-state index is -0.596. The predicted molar refractivity (Wildman–Crippen MR) is 80.5 cm³/mol.